The minimum Gasteiger partial charge on any atom is -0.381 e. The highest BCUT2D eigenvalue weighted by atomic mass is 16.5. The van der Waals surface area contributed by atoms with Crippen LogP contribution in [-0.2, 0) is 4.74 Å². The molecule has 0 amide bonds. The number of nitriles is 1. The highest BCUT2D eigenvalue weighted by Crippen LogP contribution is 2.15. The Balaban J connectivity index is 3.68. The Morgan fingerprint density at radius 3 is 2.48 bits per heavy atom. The summed E-state index contributed by atoms with van der Waals surface area (Å²) in [6.45, 7) is 11.3. The molecule has 0 aliphatic rings. The van der Waals surface area contributed by atoms with Crippen molar-refractivity contribution >= 4 is 0 Å². The van der Waals surface area contributed by atoms with Gasteiger partial charge >= 0.3 is 0 Å². The molecule has 0 bridgehead atoms. The second-order valence-corrected chi connectivity index (χ2v) is 6.32. The number of unbranched alkanes of at least 4 members (excludes halogenated alkanes) is 2. The van der Waals surface area contributed by atoms with Gasteiger partial charge in [0.05, 0.1) is 6.07 Å². The number of nitrogens with zero attached hydrogens (tertiary/aromatic N) is 1. The first-order valence-electron chi connectivity index (χ1n) is 8.85. The molecule has 2 unspecified atom stereocenters. The van der Waals surface area contributed by atoms with Crippen molar-refractivity contribution in [2.24, 2.45) is 5.92 Å². The fraction of sp³-hybridized carbons (Fsp3) is 0.944. The molecule has 0 saturated heterocycles. The molecule has 0 aromatic rings. The summed E-state index contributed by atoms with van der Waals surface area (Å²) in [5.41, 5.74) is -0.372. The van der Waals surface area contributed by atoms with Gasteiger partial charge in [0, 0.05) is 13.2 Å². The molecule has 0 spiro atoms. The number of hydrogen-bond acceptors (Lipinski definition) is 3. The second-order valence-electron chi connectivity index (χ2n) is 6.32. The maximum absolute atomic E-state index is 9.26. The highest BCUT2D eigenvalue weighted by Gasteiger charge is 2.21. The Morgan fingerprint density at radius 1 is 1.14 bits per heavy atom. The van der Waals surface area contributed by atoms with Crippen LogP contribution in [0.3, 0.4) is 0 Å². The molecule has 0 aromatic carbocycles. The van der Waals surface area contributed by atoms with Crippen LogP contribution in [0.5, 0.6) is 0 Å². The van der Waals surface area contributed by atoms with E-state index in [1.807, 2.05) is 6.92 Å². The van der Waals surface area contributed by atoms with Crippen molar-refractivity contribution in [3.05, 3.63) is 0 Å². The van der Waals surface area contributed by atoms with E-state index in [2.05, 4.69) is 32.2 Å². The van der Waals surface area contributed by atoms with Gasteiger partial charge in [-0.05, 0) is 51.5 Å². The number of hydrogen-bond donors (Lipinski definition) is 1. The van der Waals surface area contributed by atoms with Crippen molar-refractivity contribution in [3.8, 4) is 6.07 Å². The molecule has 2 atom stereocenters. The van der Waals surface area contributed by atoms with Crippen molar-refractivity contribution in [1.29, 1.82) is 5.26 Å². The Bertz CT molecular complexity index is 275. The first kappa shape index (κ1) is 20.4. The zero-order valence-electron chi connectivity index (χ0n) is 14.7. The predicted molar refractivity (Wildman–Crippen MR) is 90.3 cm³/mol. The molecule has 124 valence electrons. The first-order valence-corrected chi connectivity index (χ1v) is 8.85. The fourth-order valence-electron chi connectivity index (χ4n) is 2.42. The molecule has 0 aromatic heterocycles. The van der Waals surface area contributed by atoms with Crippen molar-refractivity contribution in [3.63, 3.8) is 0 Å². The van der Waals surface area contributed by atoms with E-state index in [4.69, 9.17) is 4.74 Å². The monoisotopic (exact) mass is 296 g/mol. The average molecular weight is 296 g/mol. The quantitative estimate of drug-likeness (QED) is 0.474. The standard InChI is InChI=1S/C18H36N2O/c1-5-8-11-17(7-3)15-21-14-10-9-12-18(4,16-19)20-13-6-2/h17,20H,5-15H2,1-4H3. The molecule has 0 fully saturated rings. The Hall–Kier alpha value is -0.590. The molecule has 0 saturated carbocycles. The van der Waals surface area contributed by atoms with Crippen LogP contribution in [0.25, 0.3) is 0 Å². The number of nitrogens with one attached hydrogen (secondary N) is 1. The van der Waals surface area contributed by atoms with E-state index >= 15 is 0 Å². The molecule has 21 heavy (non-hydrogen) atoms. The van der Waals surface area contributed by atoms with E-state index in [9.17, 15) is 5.26 Å². The topological polar surface area (TPSA) is 45.0 Å². The predicted octanol–water partition coefficient (Wildman–Crippen LogP) is 4.67. The maximum Gasteiger partial charge on any atom is 0.103 e. The van der Waals surface area contributed by atoms with E-state index in [0.29, 0.717) is 0 Å². The summed E-state index contributed by atoms with van der Waals surface area (Å²) in [4.78, 5) is 0. The Labute approximate surface area is 132 Å². The van der Waals surface area contributed by atoms with Gasteiger partial charge in [0.15, 0.2) is 0 Å². The second kappa shape index (κ2) is 13.1. The lowest BCUT2D eigenvalue weighted by Gasteiger charge is -2.23. The van der Waals surface area contributed by atoms with Crippen molar-refractivity contribution in [2.75, 3.05) is 19.8 Å². The van der Waals surface area contributed by atoms with Crippen LogP contribution >= 0.6 is 0 Å². The summed E-state index contributed by atoms with van der Waals surface area (Å²) in [5, 5.41) is 12.6. The minimum atomic E-state index is -0.372. The summed E-state index contributed by atoms with van der Waals surface area (Å²) in [6.07, 6.45) is 9.16. The molecular weight excluding hydrogens is 260 g/mol. The molecule has 3 nitrogen and oxygen atoms in total. The molecule has 3 heteroatoms. The third-order valence-corrected chi connectivity index (χ3v) is 4.12. The first-order chi connectivity index (χ1) is 10.1. The molecule has 1 N–H and O–H groups in total. The van der Waals surface area contributed by atoms with Crippen molar-refractivity contribution in [1.82, 2.24) is 5.32 Å². The number of rotatable bonds is 14. The van der Waals surface area contributed by atoms with E-state index in [0.717, 1.165) is 51.4 Å². The summed E-state index contributed by atoms with van der Waals surface area (Å²) in [5.74, 6) is 0.723. The zero-order chi connectivity index (χ0) is 16.0. The van der Waals surface area contributed by atoms with E-state index in [-0.39, 0.29) is 5.54 Å². The van der Waals surface area contributed by atoms with Crippen LogP contribution < -0.4 is 5.32 Å². The summed E-state index contributed by atoms with van der Waals surface area (Å²) in [6, 6.07) is 2.40. The highest BCUT2D eigenvalue weighted by molar-refractivity contribution is 5.03. The molecule has 0 rings (SSSR count). The van der Waals surface area contributed by atoms with Gasteiger partial charge in [0.1, 0.15) is 5.54 Å². The molecule has 0 radical (unpaired) electrons. The molecule has 0 aliphatic carbocycles. The van der Waals surface area contributed by atoms with Gasteiger partial charge in [-0.1, -0.05) is 40.0 Å². The van der Waals surface area contributed by atoms with Gasteiger partial charge in [-0.15, -0.1) is 0 Å². The summed E-state index contributed by atoms with van der Waals surface area (Å²) < 4.78 is 5.81. The van der Waals surface area contributed by atoms with Crippen LogP contribution in [0.2, 0.25) is 0 Å². The summed E-state index contributed by atoms with van der Waals surface area (Å²) >= 11 is 0. The van der Waals surface area contributed by atoms with E-state index in [1.54, 1.807) is 0 Å². The molecule has 0 aliphatic heterocycles. The van der Waals surface area contributed by atoms with Gasteiger partial charge in [0.25, 0.3) is 0 Å². The normalized spacial score (nSPS) is 15.4. The van der Waals surface area contributed by atoms with Gasteiger partial charge in [0.2, 0.25) is 0 Å². The van der Waals surface area contributed by atoms with Crippen molar-refractivity contribution < 1.29 is 4.74 Å². The Morgan fingerprint density at radius 2 is 1.90 bits per heavy atom. The van der Waals surface area contributed by atoms with E-state index < -0.39 is 0 Å². The number of ether oxygens (including phenoxy) is 1. The largest absolute Gasteiger partial charge is 0.381 e. The molecule has 0 heterocycles. The minimum absolute atomic E-state index is 0.372. The van der Waals surface area contributed by atoms with Crippen LogP contribution in [-0.4, -0.2) is 25.3 Å². The lowest BCUT2D eigenvalue weighted by molar-refractivity contribution is 0.0901. The van der Waals surface area contributed by atoms with Crippen LogP contribution in [0.1, 0.15) is 79.1 Å². The van der Waals surface area contributed by atoms with Crippen LogP contribution in [0.15, 0.2) is 0 Å². The van der Waals surface area contributed by atoms with Gasteiger partial charge in [-0.25, -0.2) is 0 Å². The lowest BCUT2D eigenvalue weighted by Crippen LogP contribution is -2.41. The third kappa shape index (κ3) is 10.7. The van der Waals surface area contributed by atoms with Gasteiger partial charge in [-0.3, -0.25) is 5.32 Å². The Kier molecular flexibility index (Phi) is 12.7. The van der Waals surface area contributed by atoms with Gasteiger partial charge in [-0.2, -0.15) is 5.26 Å². The van der Waals surface area contributed by atoms with E-state index in [1.165, 1.54) is 25.7 Å². The fourth-order valence-corrected chi connectivity index (χ4v) is 2.42. The third-order valence-electron chi connectivity index (χ3n) is 4.12. The summed E-state index contributed by atoms with van der Waals surface area (Å²) in [7, 11) is 0. The van der Waals surface area contributed by atoms with Crippen LogP contribution in [0.4, 0.5) is 0 Å². The smallest absolute Gasteiger partial charge is 0.103 e. The average Bonchev–Trinajstić information content (AvgIpc) is 2.51. The lowest BCUT2D eigenvalue weighted by atomic mass is 9.96. The zero-order valence-corrected chi connectivity index (χ0v) is 14.7. The molecular formula is C18H36N2O. The van der Waals surface area contributed by atoms with Crippen LogP contribution in [0, 0.1) is 17.2 Å². The van der Waals surface area contributed by atoms with Gasteiger partial charge < -0.3 is 4.74 Å². The maximum atomic E-state index is 9.26. The SMILES string of the molecule is CCCCC(CC)COCCCCC(C)(C#N)NCCC. The van der Waals surface area contributed by atoms with Crippen molar-refractivity contribution in [2.45, 2.75) is 84.6 Å².